The fourth-order valence-electron chi connectivity index (χ4n) is 2.27. The Hall–Kier alpha value is -3.43. The third-order valence-corrected chi connectivity index (χ3v) is 4.13. The molecule has 0 aliphatic rings. The van der Waals surface area contributed by atoms with Crippen molar-refractivity contribution < 1.29 is 29.4 Å². The highest BCUT2D eigenvalue weighted by atomic mass is 16.4. The Morgan fingerprint density at radius 3 is 2.18 bits per heavy atom. The van der Waals surface area contributed by atoms with Crippen molar-refractivity contribution in [3.63, 3.8) is 0 Å². The predicted molar refractivity (Wildman–Crippen MR) is 102 cm³/mol. The molecule has 152 valence electrons. The van der Waals surface area contributed by atoms with Gasteiger partial charge < -0.3 is 26.7 Å². The van der Waals surface area contributed by atoms with E-state index in [0.29, 0.717) is 5.69 Å². The highest BCUT2D eigenvalue weighted by Gasteiger charge is 2.39. The molecule has 0 radical (unpaired) electrons. The Labute approximate surface area is 161 Å². The first-order valence-electron chi connectivity index (χ1n) is 8.44. The molecule has 2 amide bonds. The van der Waals surface area contributed by atoms with Crippen molar-refractivity contribution in [2.75, 3.05) is 5.32 Å². The number of aliphatic carboxylic acids is 2. The molecule has 28 heavy (non-hydrogen) atoms. The Bertz CT molecular complexity index is 758. The lowest BCUT2D eigenvalue weighted by Gasteiger charge is -2.30. The van der Waals surface area contributed by atoms with Gasteiger partial charge in [-0.2, -0.15) is 5.10 Å². The zero-order chi connectivity index (χ0) is 21.3. The molecule has 0 fully saturated rings. The Kier molecular flexibility index (Phi) is 8.11. The van der Waals surface area contributed by atoms with Gasteiger partial charge in [-0.25, -0.2) is 0 Å². The van der Waals surface area contributed by atoms with Crippen molar-refractivity contribution in [3.8, 4) is 0 Å². The van der Waals surface area contributed by atoms with E-state index in [1.165, 1.54) is 20.1 Å². The van der Waals surface area contributed by atoms with Crippen LogP contribution >= 0.6 is 0 Å². The molecule has 10 nitrogen and oxygen atoms in total. The summed E-state index contributed by atoms with van der Waals surface area (Å²) in [4.78, 5) is 46.4. The number of hydrogen-bond donors (Lipinski definition) is 5. The number of hydrogen-bond acceptors (Lipinski definition) is 6. The molecule has 1 rings (SSSR count). The van der Waals surface area contributed by atoms with E-state index in [0.717, 1.165) is 5.56 Å². The average Bonchev–Trinajstić information content (AvgIpc) is 2.61. The van der Waals surface area contributed by atoms with Gasteiger partial charge in [0.1, 0.15) is 0 Å². The Balaban J connectivity index is 2.60. The number of anilines is 1. The minimum Gasteiger partial charge on any atom is -0.481 e. The summed E-state index contributed by atoms with van der Waals surface area (Å²) in [5, 5.41) is 26.6. The molecule has 1 aromatic rings. The van der Waals surface area contributed by atoms with Crippen LogP contribution in [0.2, 0.25) is 0 Å². The first-order chi connectivity index (χ1) is 13.1. The smallest absolute Gasteiger partial charge is 0.311 e. The number of nitrogens with one attached hydrogen (secondary N) is 2. The van der Waals surface area contributed by atoms with E-state index < -0.39 is 41.6 Å². The van der Waals surface area contributed by atoms with Gasteiger partial charge in [0.25, 0.3) is 0 Å². The quantitative estimate of drug-likeness (QED) is 0.222. The molecular weight excluding hydrogens is 368 g/mol. The first-order valence-corrected chi connectivity index (χ1v) is 8.44. The number of carbonyl (C=O) groups is 4. The number of nitrogens with two attached hydrogens (primary N) is 1. The van der Waals surface area contributed by atoms with Gasteiger partial charge in [-0.1, -0.05) is 12.1 Å². The van der Waals surface area contributed by atoms with Crippen molar-refractivity contribution in [3.05, 3.63) is 29.8 Å². The molecule has 0 aliphatic carbocycles. The fraction of sp³-hybridized carbons (Fsp3) is 0.389. The van der Waals surface area contributed by atoms with Crippen LogP contribution in [-0.4, -0.2) is 46.2 Å². The molecule has 1 aromatic carbocycles. The van der Waals surface area contributed by atoms with E-state index in [1.807, 2.05) is 0 Å². The summed E-state index contributed by atoms with van der Waals surface area (Å²) in [5.74, 6) is 1.56. The zero-order valence-corrected chi connectivity index (χ0v) is 15.6. The molecule has 0 saturated heterocycles. The summed E-state index contributed by atoms with van der Waals surface area (Å²) < 4.78 is 0. The van der Waals surface area contributed by atoms with E-state index in [9.17, 15) is 24.3 Å². The van der Waals surface area contributed by atoms with E-state index in [-0.39, 0.29) is 12.8 Å². The van der Waals surface area contributed by atoms with Crippen molar-refractivity contribution in [2.45, 2.75) is 39.2 Å². The fourth-order valence-corrected chi connectivity index (χ4v) is 2.27. The van der Waals surface area contributed by atoms with Crippen LogP contribution in [-0.2, 0) is 19.2 Å². The highest BCUT2D eigenvalue weighted by Crippen LogP contribution is 2.23. The molecular formula is C18H24N4O6. The molecule has 1 unspecified atom stereocenters. The third kappa shape index (κ3) is 7.06. The van der Waals surface area contributed by atoms with Crippen molar-refractivity contribution >= 4 is 35.7 Å². The summed E-state index contributed by atoms with van der Waals surface area (Å²) in [6.07, 6.45) is 0.540. The zero-order valence-electron chi connectivity index (χ0n) is 15.6. The van der Waals surface area contributed by atoms with Crippen molar-refractivity contribution in [2.24, 2.45) is 16.4 Å². The number of carbonyl (C=O) groups excluding carboxylic acids is 2. The molecule has 1 atom stereocenters. The standard InChI is InChI=1S/C18H24N4O6/c1-18(2,17(27)28)13(9-16(25)26)22-15(24)8-7-14(23)21-12-5-3-11(4-6-12)10-20-19/h3-6,10,13H,7-9,19H2,1-2H3,(H,21,23)(H,22,24)(H,25,26)(H,27,28). The number of hydrazone groups is 1. The Morgan fingerprint density at radius 2 is 1.68 bits per heavy atom. The minimum atomic E-state index is -1.48. The van der Waals surface area contributed by atoms with Crippen LogP contribution in [0.1, 0.15) is 38.7 Å². The second-order valence-electron chi connectivity index (χ2n) is 6.69. The first kappa shape index (κ1) is 22.6. The van der Waals surface area contributed by atoms with Crippen LogP contribution < -0.4 is 16.5 Å². The maximum Gasteiger partial charge on any atom is 0.311 e. The number of rotatable bonds is 10. The summed E-state index contributed by atoms with van der Waals surface area (Å²) in [7, 11) is 0. The summed E-state index contributed by atoms with van der Waals surface area (Å²) in [6.45, 7) is 2.66. The number of amides is 2. The molecule has 0 aliphatic heterocycles. The van der Waals surface area contributed by atoms with Crippen LogP contribution in [0.25, 0.3) is 0 Å². The highest BCUT2D eigenvalue weighted by molar-refractivity contribution is 5.93. The Morgan fingerprint density at radius 1 is 1.11 bits per heavy atom. The normalized spacial score (nSPS) is 12.4. The summed E-state index contributed by atoms with van der Waals surface area (Å²) in [5.41, 5.74) is -0.203. The third-order valence-electron chi connectivity index (χ3n) is 4.13. The maximum absolute atomic E-state index is 12.1. The lowest BCUT2D eigenvalue weighted by atomic mass is 9.82. The van der Waals surface area contributed by atoms with Gasteiger partial charge in [-0.05, 0) is 31.5 Å². The van der Waals surface area contributed by atoms with Crippen LogP contribution in [0, 0.1) is 5.41 Å². The SMILES string of the molecule is CC(C)(C(=O)O)C(CC(=O)O)NC(=O)CCC(=O)Nc1ccc(C=NN)cc1. The number of nitrogens with zero attached hydrogens (tertiary/aromatic N) is 1. The van der Waals surface area contributed by atoms with E-state index in [2.05, 4.69) is 15.7 Å². The second-order valence-corrected chi connectivity index (χ2v) is 6.69. The number of carboxylic acids is 2. The summed E-state index contributed by atoms with van der Waals surface area (Å²) in [6, 6.07) is 5.57. The van der Waals surface area contributed by atoms with E-state index in [4.69, 9.17) is 10.9 Å². The van der Waals surface area contributed by atoms with Gasteiger partial charge in [-0.15, -0.1) is 0 Å². The number of carboxylic acid groups (broad SMARTS) is 2. The minimum absolute atomic E-state index is 0.148. The number of benzene rings is 1. The van der Waals surface area contributed by atoms with Crippen molar-refractivity contribution in [1.29, 1.82) is 0 Å². The predicted octanol–water partition coefficient (Wildman–Crippen LogP) is 0.768. The largest absolute Gasteiger partial charge is 0.481 e. The van der Waals surface area contributed by atoms with Crippen LogP contribution in [0.3, 0.4) is 0 Å². The van der Waals surface area contributed by atoms with E-state index >= 15 is 0 Å². The van der Waals surface area contributed by atoms with Gasteiger partial charge in [0, 0.05) is 18.5 Å². The molecule has 0 bridgehead atoms. The second kappa shape index (κ2) is 10.0. The molecule has 0 spiro atoms. The monoisotopic (exact) mass is 392 g/mol. The van der Waals surface area contributed by atoms with Gasteiger partial charge in [0.05, 0.1) is 24.1 Å². The van der Waals surface area contributed by atoms with Gasteiger partial charge in [-0.3, -0.25) is 19.2 Å². The van der Waals surface area contributed by atoms with Gasteiger partial charge in [0.15, 0.2) is 0 Å². The van der Waals surface area contributed by atoms with Crippen molar-refractivity contribution in [1.82, 2.24) is 5.32 Å². The molecule has 6 N–H and O–H groups in total. The molecule has 10 heteroatoms. The van der Waals surface area contributed by atoms with Gasteiger partial charge in [0.2, 0.25) is 11.8 Å². The van der Waals surface area contributed by atoms with Crippen LogP contribution in [0.15, 0.2) is 29.4 Å². The topological polar surface area (TPSA) is 171 Å². The van der Waals surface area contributed by atoms with Crippen LogP contribution in [0.5, 0.6) is 0 Å². The summed E-state index contributed by atoms with van der Waals surface area (Å²) >= 11 is 0. The lowest BCUT2D eigenvalue weighted by molar-refractivity contribution is -0.150. The van der Waals surface area contributed by atoms with E-state index in [1.54, 1.807) is 24.3 Å². The van der Waals surface area contributed by atoms with Gasteiger partial charge >= 0.3 is 11.9 Å². The maximum atomic E-state index is 12.1. The molecule has 0 aromatic heterocycles. The lowest BCUT2D eigenvalue weighted by Crippen LogP contribution is -2.50. The van der Waals surface area contributed by atoms with Crippen LogP contribution in [0.4, 0.5) is 5.69 Å². The molecule has 0 heterocycles. The molecule has 0 saturated carbocycles. The average molecular weight is 392 g/mol.